The van der Waals surface area contributed by atoms with Crippen LogP contribution in [-0.4, -0.2) is 13.1 Å². The van der Waals surface area contributed by atoms with Gasteiger partial charge in [0, 0.05) is 0 Å². The Morgan fingerprint density at radius 3 is 2.44 bits per heavy atom. The van der Waals surface area contributed by atoms with Crippen LogP contribution in [0.15, 0.2) is 0 Å². The zero-order valence-electron chi connectivity index (χ0n) is 10.9. The van der Waals surface area contributed by atoms with Gasteiger partial charge in [-0.2, -0.15) is 0 Å². The Kier molecular flexibility index (Phi) is 3.27. The van der Waals surface area contributed by atoms with E-state index >= 15 is 0 Å². The van der Waals surface area contributed by atoms with Crippen molar-refractivity contribution in [2.45, 2.75) is 40.0 Å². The quantitative estimate of drug-likeness (QED) is 0.674. The van der Waals surface area contributed by atoms with E-state index in [1.165, 1.54) is 20.0 Å². The Morgan fingerprint density at radius 2 is 1.94 bits per heavy atom. The molecule has 5 atom stereocenters. The predicted molar refractivity (Wildman–Crippen MR) is 63.8 cm³/mol. The lowest BCUT2D eigenvalue weighted by Gasteiger charge is -2.51. The third kappa shape index (κ3) is 1.87. The number of carbonyl (C=O) groups is 1. The van der Waals surface area contributed by atoms with Crippen LogP contribution in [0.25, 0.3) is 0 Å². The molecule has 0 spiro atoms. The van der Waals surface area contributed by atoms with Gasteiger partial charge in [-0.25, -0.2) is 0 Å². The van der Waals surface area contributed by atoms with Gasteiger partial charge in [0.1, 0.15) is 0 Å². The van der Waals surface area contributed by atoms with Crippen LogP contribution in [0.5, 0.6) is 0 Å². The number of carbonyl (C=O) groups excluding carboxylic acids is 1. The summed E-state index contributed by atoms with van der Waals surface area (Å²) in [7, 11) is 1.53. The molecule has 0 aliphatic heterocycles. The van der Waals surface area contributed by atoms with Crippen LogP contribution >= 0.6 is 0 Å². The highest BCUT2D eigenvalue weighted by atomic mass is 16.5. The average Bonchev–Trinajstić information content (AvgIpc) is 2.27. The second-order valence-corrected chi connectivity index (χ2v) is 6.15. The van der Waals surface area contributed by atoms with Crippen LogP contribution in [0.4, 0.5) is 0 Å². The lowest BCUT2D eigenvalue weighted by molar-refractivity contribution is -0.156. The Bertz CT molecular complexity index is 272. The van der Waals surface area contributed by atoms with Gasteiger partial charge in [0.2, 0.25) is 0 Å². The molecule has 0 radical (unpaired) electrons. The monoisotopic (exact) mass is 224 g/mol. The van der Waals surface area contributed by atoms with Crippen LogP contribution in [0, 0.1) is 35.5 Å². The third-order valence-corrected chi connectivity index (χ3v) is 5.01. The summed E-state index contributed by atoms with van der Waals surface area (Å²) in [4.78, 5) is 11.8. The smallest absolute Gasteiger partial charge is 0.308 e. The molecule has 3 aliphatic carbocycles. The van der Waals surface area contributed by atoms with Gasteiger partial charge in [-0.05, 0) is 48.9 Å². The van der Waals surface area contributed by atoms with E-state index in [-0.39, 0.29) is 11.9 Å². The number of ether oxygens (including phenoxy) is 1. The van der Waals surface area contributed by atoms with Crippen LogP contribution in [0.1, 0.15) is 40.0 Å². The van der Waals surface area contributed by atoms with Crippen molar-refractivity contribution in [3.05, 3.63) is 0 Å². The first-order chi connectivity index (χ1) is 7.54. The largest absolute Gasteiger partial charge is 0.469 e. The van der Waals surface area contributed by atoms with Crippen LogP contribution in [-0.2, 0) is 9.53 Å². The Balaban J connectivity index is 2.17. The van der Waals surface area contributed by atoms with Crippen molar-refractivity contribution >= 4 is 5.97 Å². The zero-order chi connectivity index (χ0) is 11.9. The van der Waals surface area contributed by atoms with Crippen molar-refractivity contribution in [1.29, 1.82) is 0 Å². The van der Waals surface area contributed by atoms with Gasteiger partial charge in [-0.15, -0.1) is 0 Å². The minimum Gasteiger partial charge on any atom is -0.469 e. The normalized spacial score (nSPS) is 42.4. The topological polar surface area (TPSA) is 26.3 Å². The van der Waals surface area contributed by atoms with Crippen molar-refractivity contribution in [2.24, 2.45) is 35.5 Å². The molecule has 2 bridgehead atoms. The summed E-state index contributed by atoms with van der Waals surface area (Å²) >= 11 is 0. The van der Waals surface area contributed by atoms with E-state index in [4.69, 9.17) is 4.74 Å². The Morgan fingerprint density at radius 1 is 1.25 bits per heavy atom. The summed E-state index contributed by atoms with van der Waals surface area (Å²) in [5, 5.41) is 0. The summed E-state index contributed by atoms with van der Waals surface area (Å²) in [5.41, 5.74) is 0. The maximum absolute atomic E-state index is 11.8. The number of methoxy groups -OCH3 is 1. The molecular formula is C14H24O2. The highest BCUT2D eigenvalue weighted by Crippen LogP contribution is 2.53. The molecule has 3 rings (SSSR count). The van der Waals surface area contributed by atoms with Gasteiger partial charge in [0.05, 0.1) is 13.0 Å². The summed E-state index contributed by atoms with van der Waals surface area (Å²) in [6.07, 6.45) is 3.63. The first kappa shape index (κ1) is 11.9. The molecule has 2 nitrogen and oxygen atoms in total. The standard InChI is InChI=1S/C14H24O2/c1-8(2)11-6-10-7-13(14(15)16-4)12(11)5-9(10)3/h8-13H,5-7H2,1-4H3. The van der Waals surface area contributed by atoms with Crippen molar-refractivity contribution in [3.63, 3.8) is 0 Å². The first-order valence-corrected chi connectivity index (χ1v) is 6.62. The number of hydrogen-bond acceptors (Lipinski definition) is 2. The molecule has 0 aromatic heterocycles. The van der Waals surface area contributed by atoms with Crippen molar-refractivity contribution in [2.75, 3.05) is 7.11 Å². The third-order valence-electron chi connectivity index (χ3n) is 5.01. The molecule has 0 aromatic carbocycles. The maximum atomic E-state index is 11.8. The molecule has 3 aliphatic rings. The molecule has 0 aromatic rings. The predicted octanol–water partition coefficient (Wildman–Crippen LogP) is 3.11. The van der Waals surface area contributed by atoms with Gasteiger partial charge >= 0.3 is 5.97 Å². The number of rotatable bonds is 2. The summed E-state index contributed by atoms with van der Waals surface area (Å²) < 4.78 is 4.97. The molecule has 0 N–H and O–H groups in total. The van der Waals surface area contributed by atoms with Gasteiger partial charge in [0.15, 0.2) is 0 Å². The highest BCUT2D eigenvalue weighted by molar-refractivity contribution is 5.73. The number of esters is 1. The highest BCUT2D eigenvalue weighted by Gasteiger charge is 2.49. The molecular weight excluding hydrogens is 200 g/mol. The molecule has 0 amide bonds. The second kappa shape index (κ2) is 4.38. The summed E-state index contributed by atoms with van der Waals surface area (Å²) in [6.45, 7) is 6.94. The average molecular weight is 224 g/mol. The second-order valence-electron chi connectivity index (χ2n) is 6.15. The van der Waals surface area contributed by atoms with Crippen LogP contribution < -0.4 is 0 Å². The maximum Gasteiger partial charge on any atom is 0.308 e. The van der Waals surface area contributed by atoms with E-state index < -0.39 is 0 Å². The SMILES string of the molecule is COC(=O)C1CC2CC(C(C)C)C1CC2C. The van der Waals surface area contributed by atoms with E-state index in [9.17, 15) is 4.79 Å². The van der Waals surface area contributed by atoms with Gasteiger partial charge in [-0.1, -0.05) is 20.8 Å². The minimum atomic E-state index is 0.0345. The fraction of sp³-hybridized carbons (Fsp3) is 0.929. The van der Waals surface area contributed by atoms with Crippen LogP contribution in [0.3, 0.4) is 0 Å². The molecule has 5 unspecified atom stereocenters. The molecule has 0 saturated heterocycles. The lowest BCUT2D eigenvalue weighted by atomic mass is 9.54. The van der Waals surface area contributed by atoms with E-state index in [1.54, 1.807) is 0 Å². The van der Waals surface area contributed by atoms with Gasteiger partial charge in [0.25, 0.3) is 0 Å². The van der Waals surface area contributed by atoms with Crippen molar-refractivity contribution in [3.8, 4) is 0 Å². The molecule has 2 heteroatoms. The van der Waals surface area contributed by atoms with E-state index in [0.29, 0.717) is 11.8 Å². The van der Waals surface area contributed by atoms with Crippen molar-refractivity contribution < 1.29 is 9.53 Å². The summed E-state index contributed by atoms with van der Waals surface area (Å²) in [5.74, 6) is 3.79. The summed E-state index contributed by atoms with van der Waals surface area (Å²) in [6, 6.07) is 0. The molecule has 92 valence electrons. The van der Waals surface area contributed by atoms with E-state index in [0.717, 1.165) is 24.2 Å². The van der Waals surface area contributed by atoms with E-state index in [2.05, 4.69) is 20.8 Å². The van der Waals surface area contributed by atoms with E-state index in [1.807, 2.05) is 0 Å². The Hall–Kier alpha value is -0.530. The fourth-order valence-corrected chi connectivity index (χ4v) is 4.03. The minimum absolute atomic E-state index is 0.0345. The van der Waals surface area contributed by atoms with Gasteiger partial charge < -0.3 is 4.74 Å². The first-order valence-electron chi connectivity index (χ1n) is 6.62. The van der Waals surface area contributed by atoms with Gasteiger partial charge in [-0.3, -0.25) is 4.79 Å². The molecule has 0 heterocycles. The lowest BCUT2D eigenvalue weighted by Crippen LogP contribution is -2.47. The molecule has 3 saturated carbocycles. The van der Waals surface area contributed by atoms with Crippen LogP contribution in [0.2, 0.25) is 0 Å². The molecule has 3 fully saturated rings. The zero-order valence-corrected chi connectivity index (χ0v) is 10.9. The fourth-order valence-electron chi connectivity index (χ4n) is 4.03. The number of hydrogen-bond donors (Lipinski definition) is 0. The van der Waals surface area contributed by atoms with Crippen molar-refractivity contribution in [1.82, 2.24) is 0 Å². The molecule has 16 heavy (non-hydrogen) atoms. The number of fused-ring (bicyclic) bond motifs is 3. The Labute approximate surface area is 98.7 Å².